The van der Waals surface area contributed by atoms with Crippen molar-refractivity contribution in [1.82, 2.24) is 9.97 Å². The molecular formula is C17H18F4N2O2S. The number of halogens is 4. The Labute approximate surface area is 148 Å². The molecule has 1 aromatic heterocycles. The maximum atomic E-state index is 14.2. The molecule has 1 aliphatic rings. The average molecular weight is 390 g/mol. The highest BCUT2D eigenvalue weighted by atomic mass is 32.2. The molecule has 0 bridgehead atoms. The van der Waals surface area contributed by atoms with Crippen LogP contribution in [-0.4, -0.2) is 24.6 Å². The molecule has 1 fully saturated rings. The lowest BCUT2D eigenvalue weighted by Gasteiger charge is -2.21. The lowest BCUT2D eigenvalue weighted by molar-refractivity contribution is 0.141. The van der Waals surface area contributed by atoms with Crippen LogP contribution < -0.4 is 0 Å². The van der Waals surface area contributed by atoms with Crippen LogP contribution in [0.25, 0.3) is 11.3 Å². The number of alkyl halides is 2. The first-order valence-corrected chi connectivity index (χ1v) is 10.1. The molecule has 1 N–H and O–H groups in total. The molecule has 1 aromatic carbocycles. The van der Waals surface area contributed by atoms with Crippen molar-refractivity contribution in [1.29, 1.82) is 0 Å². The van der Waals surface area contributed by atoms with Crippen molar-refractivity contribution in [2.24, 2.45) is 0 Å². The van der Waals surface area contributed by atoms with E-state index in [0.717, 1.165) is 44.2 Å². The maximum Gasteiger partial charge on any atom is 0.295 e. The van der Waals surface area contributed by atoms with E-state index in [1.54, 1.807) is 0 Å². The molecule has 3 rings (SSSR count). The molecule has 0 amide bonds. The van der Waals surface area contributed by atoms with Crippen molar-refractivity contribution >= 4 is 9.84 Å². The fourth-order valence-electron chi connectivity index (χ4n) is 3.47. The van der Waals surface area contributed by atoms with Gasteiger partial charge in [0.05, 0.1) is 5.69 Å². The second-order valence-electron chi connectivity index (χ2n) is 6.56. The van der Waals surface area contributed by atoms with Crippen molar-refractivity contribution in [3.05, 3.63) is 35.3 Å². The average Bonchev–Trinajstić information content (AvgIpc) is 2.99. The van der Waals surface area contributed by atoms with Crippen LogP contribution in [-0.2, 0) is 9.84 Å². The van der Waals surface area contributed by atoms with Gasteiger partial charge >= 0.3 is 0 Å². The molecule has 1 saturated carbocycles. The molecule has 26 heavy (non-hydrogen) atoms. The topological polar surface area (TPSA) is 62.8 Å². The Balaban J connectivity index is 2.14. The highest BCUT2D eigenvalue weighted by molar-refractivity contribution is 7.90. The summed E-state index contributed by atoms with van der Waals surface area (Å²) in [5.41, 5.74) is 0.409. The van der Waals surface area contributed by atoms with Crippen LogP contribution in [0, 0.1) is 11.6 Å². The van der Waals surface area contributed by atoms with E-state index in [4.69, 9.17) is 0 Å². The molecule has 0 aliphatic heterocycles. The molecule has 0 atom stereocenters. The molecule has 2 aromatic rings. The number of H-pyrrole nitrogens is 1. The van der Waals surface area contributed by atoms with Gasteiger partial charge in [0.1, 0.15) is 16.5 Å². The van der Waals surface area contributed by atoms with Gasteiger partial charge in [-0.05, 0) is 25.0 Å². The second kappa shape index (κ2) is 7.02. The molecular weight excluding hydrogens is 372 g/mol. The van der Waals surface area contributed by atoms with Gasteiger partial charge in [-0.1, -0.05) is 19.3 Å². The number of aromatic amines is 1. The molecule has 0 unspecified atom stereocenters. The van der Waals surface area contributed by atoms with E-state index in [2.05, 4.69) is 9.97 Å². The number of sulfone groups is 1. The van der Waals surface area contributed by atoms with E-state index in [9.17, 15) is 26.0 Å². The first kappa shape index (κ1) is 18.9. The van der Waals surface area contributed by atoms with Gasteiger partial charge in [0.2, 0.25) is 0 Å². The Morgan fingerprint density at radius 1 is 1.12 bits per heavy atom. The quantitative estimate of drug-likeness (QED) is 0.767. The second-order valence-corrected chi connectivity index (χ2v) is 8.51. The van der Waals surface area contributed by atoms with E-state index in [0.29, 0.717) is 11.9 Å². The van der Waals surface area contributed by atoms with Crippen LogP contribution in [0.5, 0.6) is 0 Å². The zero-order valence-corrected chi connectivity index (χ0v) is 14.8. The third-order valence-electron chi connectivity index (χ3n) is 4.61. The standard InChI is InChI=1S/C17H18F4N2O2S/c1-26(24,25)15-11(18)7-10(8-12(15)19)14-13(9-5-3-2-4-6-9)22-17(23-14)16(20)21/h7-9,16H,2-6H2,1H3,(H,22,23). The number of imidazole rings is 1. The van der Waals surface area contributed by atoms with Gasteiger partial charge in [-0.2, -0.15) is 0 Å². The van der Waals surface area contributed by atoms with Gasteiger partial charge in [0.15, 0.2) is 15.7 Å². The number of benzene rings is 1. The van der Waals surface area contributed by atoms with Crippen molar-refractivity contribution in [2.75, 3.05) is 6.26 Å². The minimum Gasteiger partial charge on any atom is -0.340 e. The molecule has 1 heterocycles. The van der Waals surface area contributed by atoms with Crippen molar-refractivity contribution in [3.8, 4) is 11.3 Å². The number of rotatable bonds is 4. The zero-order chi connectivity index (χ0) is 19.1. The van der Waals surface area contributed by atoms with Gasteiger partial charge in [0.25, 0.3) is 6.43 Å². The van der Waals surface area contributed by atoms with Crippen LogP contribution in [0.4, 0.5) is 17.6 Å². The number of hydrogen-bond donors (Lipinski definition) is 1. The summed E-state index contributed by atoms with van der Waals surface area (Å²) in [6, 6.07) is 1.66. The Morgan fingerprint density at radius 3 is 2.19 bits per heavy atom. The summed E-state index contributed by atoms with van der Waals surface area (Å²) in [5.74, 6) is -3.15. The number of nitrogens with one attached hydrogen (secondary N) is 1. The number of aromatic nitrogens is 2. The molecule has 0 radical (unpaired) electrons. The molecule has 9 heteroatoms. The van der Waals surface area contributed by atoms with Crippen molar-refractivity contribution in [3.63, 3.8) is 0 Å². The van der Waals surface area contributed by atoms with Gasteiger partial charge in [-0.25, -0.2) is 31.0 Å². The van der Waals surface area contributed by atoms with Crippen molar-refractivity contribution < 1.29 is 26.0 Å². The van der Waals surface area contributed by atoms with E-state index in [1.165, 1.54) is 0 Å². The van der Waals surface area contributed by atoms with Crippen LogP contribution >= 0.6 is 0 Å². The fourth-order valence-corrected chi connectivity index (χ4v) is 4.29. The number of nitrogens with zero attached hydrogens (tertiary/aromatic N) is 1. The summed E-state index contributed by atoms with van der Waals surface area (Å²) in [5, 5.41) is 0. The largest absolute Gasteiger partial charge is 0.340 e. The first-order chi connectivity index (χ1) is 12.2. The minimum atomic E-state index is -4.10. The molecule has 1 aliphatic carbocycles. The monoisotopic (exact) mass is 390 g/mol. The summed E-state index contributed by atoms with van der Waals surface area (Å²) in [6.45, 7) is 0. The Morgan fingerprint density at radius 2 is 1.69 bits per heavy atom. The van der Waals surface area contributed by atoms with Crippen LogP contribution in [0.1, 0.15) is 56.0 Å². The lowest BCUT2D eigenvalue weighted by atomic mass is 9.85. The first-order valence-electron chi connectivity index (χ1n) is 8.26. The third kappa shape index (κ3) is 3.62. The van der Waals surface area contributed by atoms with Crippen LogP contribution in [0.3, 0.4) is 0 Å². The minimum absolute atomic E-state index is 0.0463. The van der Waals surface area contributed by atoms with Crippen LogP contribution in [0.2, 0.25) is 0 Å². The third-order valence-corrected chi connectivity index (χ3v) is 5.74. The molecule has 0 saturated heterocycles. The molecule has 4 nitrogen and oxygen atoms in total. The van der Waals surface area contributed by atoms with Gasteiger partial charge in [-0.3, -0.25) is 0 Å². The Kier molecular flexibility index (Phi) is 5.09. The fraction of sp³-hybridized carbons (Fsp3) is 0.471. The highest BCUT2D eigenvalue weighted by Gasteiger charge is 2.27. The SMILES string of the molecule is CS(=O)(=O)c1c(F)cc(-c2nc(C(F)F)[nH]c2C2CCCCC2)cc1F. The lowest BCUT2D eigenvalue weighted by Crippen LogP contribution is -2.07. The van der Waals surface area contributed by atoms with E-state index < -0.39 is 38.6 Å². The smallest absolute Gasteiger partial charge is 0.295 e. The highest BCUT2D eigenvalue weighted by Crippen LogP contribution is 2.39. The maximum absolute atomic E-state index is 14.2. The summed E-state index contributed by atoms with van der Waals surface area (Å²) in [7, 11) is -4.10. The summed E-state index contributed by atoms with van der Waals surface area (Å²) in [6.07, 6.45) is 2.30. The van der Waals surface area contributed by atoms with Gasteiger partial charge in [-0.15, -0.1) is 0 Å². The Bertz CT molecular complexity index is 896. The van der Waals surface area contributed by atoms with E-state index >= 15 is 0 Å². The summed E-state index contributed by atoms with van der Waals surface area (Å²) >= 11 is 0. The zero-order valence-electron chi connectivity index (χ0n) is 14.0. The predicted molar refractivity (Wildman–Crippen MR) is 87.8 cm³/mol. The van der Waals surface area contributed by atoms with E-state index in [-0.39, 0.29) is 17.2 Å². The summed E-state index contributed by atoms with van der Waals surface area (Å²) < 4.78 is 77.7. The molecule has 0 spiro atoms. The van der Waals surface area contributed by atoms with Gasteiger partial charge in [0, 0.05) is 23.4 Å². The predicted octanol–water partition coefficient (Wildman–Crippen LogP) is 4.74. The van der Waals surface area contributed by atoms with Crippen molar-refractivity contribution in [2.45, 2.75) is 49.3 Å². The van der Waals surface area contributed by atoms with Gasteiger partial charge < -0.3 is 4.98 Å². The summed E-state index contributed by atoms with van der Waals surface area (Å²) in [4.78, 5) is 5.41. The van der Waals surface area contributed by atoms with E-state index in [1.807, 2.05) is 0 Å². The van der Waals surface area contributed by atoms with Crippen LogP contribution in [0.15, 0.2) is 17.0 Å². The molecule has 142 valence electrons. The number of hydrogen-bond acceptors (Lipinski definition) is 3. The normalized spacial score (nSPS) is 16.4. The Hall–Kier alpha value is -1.90.